The molecule has 1 aliphatic heterocycles. The number of rotatable bonds is 3. The van der Waals surface area contributed by atoms with Gasteiger partial charge in [0.2, 0.25) is 0 Å². The molecule has 0 aliphatic carbocycles. The van der Waals surface area contributed by atoms with E-state index in [0.29, 0.717) is 11.1 Å². The zero-order valence-corrected chi connectivity index (χ0v) is 23.3. The van der Waals surface area contributed by atoms with Crippen LogP contribution in [0.3, 0.4) is 0 Å². The van der Waals surface area contributed by atoms with Gasteiger partial charge >= 0.3 is 0 Å². The van der Waals surface area contributed by atoms with Crippen LogP contribution >= 0.6 is 10.0 Å². The standard InChI is InChI=1S/C38H23N3S/c39-24-26-19-20-27(25-40)35(21-26)41-34-17-9-7-15-30(34)32-23-38-33(22-36(32)41)31-16-8-10-18-37(31)42(38,28-11-3-1-4-12-28)29-13-5-2-6-14-29/h1-23H. The first-order valence-electron chi connectivity index (χ1n) is 13.8. The van der Waals surface area contributed by atoms with Crippen LogP contribution in [-0.2, 0) is 0 Å². The molecule has 0 bridgehead atoms. The summed E-state index contributed by atoms with van der Waals surface area (Å²) < 4.78 is 2.16. The Labute approximate surface area is 245 Å². The molecule has 3 nitrogen and oxygen atoms in total. The van der Waals surface area contributed by atoms with Crippen molar-refractivity contribution in [2.24, 2.45) is 0 Å². The average molecular weight is 554 g/mol. The van der Waals surface area contributed by atoms with Gasteiger partial charge in [0, 0.05) is 30.4 Å². The minimum Gasteiger partial charge on any atom is -0.308 e. The Bertz CT molecular complexity index is 2230. The zero-order chi connectivity index (χ0) is 28.3. The predicted molar refractivity (Wildman–Crippen MR) is 169 cm³/mol. The summed E-state index contributed by atoms with van der Waals surface area (Å²) in [6, 6.07) is 53.6. The van der Waals surface area contributed by atoms with Crippen molar-refractivity contribution in [1.82, 2.24) is 4.57 Å². The number of para-hydroxylation sites is 1. The van der Waals surface area contributed by atoms with E-state index in [-0.39, 0.29) is 0 Å². The number of fused-ring (bicyclic) bond motifs is 6. The van der Waals surface area contributed by atoms with E-state index in [1.807, 2.05) is 12.1 Å². The minimum absolute atomic E-state index is 0.526. The third-order valence-electron chi connectivity index (χ3n) is 8.29. The summed E-state index contributed by atoms with van der Waals surface area (Å²) in [5, 5.41) is 22.1. The number of hydrogen-bond donors (Lipinski definition) is 0. The third-order valence-corrected chi connectivity index (χ3v) is 12.3. The largest absolute Gasteiger partial charge is 0.308 e. The lowest BCUT2D eigenvalue weighted by Gasteiger charge is -2.39. The SMILES string of the molecule is N#Cc1ccc(C#N)c(-n2c3ccccc3c3cc4c(cc32)-c2ccccc2S4(c2ccccc2)c2ccccc2)c1. The van der Waals surface area contributed by atoms with E-state index in [1.54, 1.807) is 12.1 Å². The van der Waals surface area contributed by atoms with Gasteiger partial charge in [0.25, 0.3) is 0 Å². The van der Waals surface area contributed by atoms with Crippen LogP contribution in [0.2, 0.25) is 0 Å². The van der Waals surface area contributed by atoms with Crippen LogP contribution in [0.25, 0.3) is 38.6 Å². The van der Waals surface area contributed by atoms with E-state index in [2.05, 4.69) is 132 Å². The monoisotopic (exact) mass is 553 g/mol. The fraction of sp³-hybridized carbons (Fsp3) is 0. The number of nitriles is 2. The smallest absolute Gasteiger partial charge is 0.101 e. The first-order valence-corrected chi connectivity index (χ1v) is 15.4. The van der Waals surface area contributed by atoms with E-state index in [9.17, 15) is 10.5 Å². The highest BCUT2D eigenvalue weighted by molar-refractivity contribution is 8.34. The maximum atomic E-state index is 10.1. The zero-order valence-electron chi connectivity index (χ0n) is 22.5. The van der Waals surface area contributed by atoms with Crippen molar-refractivity contribution < 1.29 is 0 Å². The molecule has 0 atom stereocenters. The molecule has 0 fully saturated rings. The van der Waals surface area contributed by atoms with Gasteiger partial charge in [-0.25, -0.2) is 0 Å². The van der Waals surface area contributed by atoms with Gasteiger partial charge in [-0.3, -0.25) is 0 Å². The van der Waals surface area contributed by atoms with Gasteiger partial charge in [0.1, 0.15) is 6.07 Å². The van der Waals surface area contributed by atoms with E-state index in [1.165, 1.54) is 30.7 Å². The summed E-state index contributed by atoms with van der Waals surface area (Å²) >= 11 is 0. The molecule has 8 rings (SSSR count). The fourth-order valence-corrected chi connectivity index (χ4v) is 10.8. The molecule has 4 heteroatoms. The Hall–Kier alpha value is -5.55. The topological polar surface area (TPSA) is 52.5 Å². The second kappa shape index (κ2) is 9.25. The number of aromatic nitrogens is 1. The number of hydrogen-bond acceptors (Lipinski definition) is 2. The van der Waals surface area contributed by atoms with E-state index in [0.717, 1.165) is 27.5 Å². The van der Waals surface area contributed by atoms with Crippen LogP contribution in [0, 0.1) is 22.7 Å². The Morgan fingerprint density at radius 2 is 1.17 bits per heavy atom. The van der Waals surface area contributed by atoms with Gasteiger partial charge in [-0.05, 0) is 77.9 Å². The Morgan fingerprint density at radius 3 is 1.88 bits per heavy atom. The van der Waals surface area contributed by atoms with E-state index >= 15 is 0 Å². The highest BCUT2D eigenvalue weighted by atomic mass is 32.3. The molecule has 6 aromatic carbocycles. The molecule has 196 valence electrons. The van der Waals surface area contributed by atoms with Crippen LogP contribution in [0.4, 0.5) is 0 Å². The molecule has 2 heterocycles. The summed E-state index contributed by atoms with van der Waals surface area (Å²) in [6.07, 6.45) is 0. The minimum atomic E-state index is -1.78. The fourth-order valence-electron chi connectivity index (χ4n) is 6.57. The van der Waals surface area contributed by atoms with Crippen LogP contribution in [0.15, 0.2) is 159 Å². The van der Waals surface area contributed by atoms with Crippen molar-refractivity contribution in [2.75, 3.05) is 0 Å². The maximum absolute atomic E-state index is 10.1. The van der Waals surface area contributed by atoms with Crippen LogP contribution < -0.4 is 0 Å². The second-order valence-electron chi connectivity index (χ2n) is 10.4. The van der Waals surface area contributed by atoms with Gasteiger partial charge in [0.05, 0.1) is 33.9 Å². The van der Waals surface area contributed by atoms with Crippen molar-refractivity contribution in [2.45, 2.75) is 19.6 Å². The average Bonchev–Trinajstić information content (AvgIpc) is 3.54. The second-order valence-corrected chi connectivity index (χ2v) is 13.5. The van der Waals surface area contributed by atoms with Crippen molar-refractivity contribution in [3.63, 3.8) is 0 Å². The Balaban J connectivity index is 1.57. The first kappa shape index (κ1) is 24.3. The molecule has 0 saturated heterocycles. The van der Waals surface area contributed by atoms with Crippen molar-refractivity contribution in [3.05, 3.63) is 151 Å². The van der Waals surface area contributed by atoms with E-state index in [4.69, 9.17) is 0 Å². The highest BCUT2D eigenvalue weighted by Crippen LogP contribution is 2.80. The van der Waals surface area contributed by atoms with Gasteiger partial charge in [0.15, 0.2) is 0 Å². The quantitative estimate of drug-likeness (QED) is 0.219. The molecule has 7 aromatic rings. The Kier molecular flexibility index (Phi) is 5.34. The molecule has 0 amide bonds. The molecular formula is C38H23N3S. The lowest BCUT2D eigenvalue weighted by molar-refractivity contribution is 1.16. The third kappa shape index (κ3) is 3.22. The summed E-state index contributed by atoms with van der Waals surface area (Å²) in [5.41, 5.74) is 6.26. The van der Waals surface area contributed by atoms with Crippen LogP contribution in [0.5, 0.6) is 0 Å². The molecule has 0 unspecified atom stereocenters. The molecule has 0 N–H and O–H groups in total. The summed E-state index contributed by atoms with van der Waals surface area (Å²) in [4.78, 5) is 5.27. The summed E-state index contributed by atoms with van der Waals surface area (Å²) in [6.45, 7) is 0. The van der Waals surface area contributed by atoms with Gasteiger partial charge < -0.3 is 4.57 Å². The first-order chi connectivity index (χ1) is 20.8. The van der Waals surface area contributed by atoms with Crippen LogP contribution in [0.1, 0.15) is 11.1 Å². The van der Waals surface area contributed by atoms with Crippen molar-refractivity contribution in [1.29, 1.82) is 10.5 Å². The van der Waals surface area contributed by atoms with Crippen LogP contribution in [-0.4, -0.2) is 4.57 Å². The molecule has 0 spiro atoms. The predicted octanol–water partition coefficient (Wildman–Crippen LogP) is 9.85. The number of benzene rings is 6. The molecule has 1 aliphatic rings. The normalized spacial score (nSPS) is 13.7. The summed E-state index contributed by atoms with van der Waals surface area (Å²) in [7, 11) is -1.78. The van der Waals surface area contributed by atoms with E-state index < -0.39 is 10.0 Å². The molecule has 42 heavy (non-hydrogen) atoms. The maximum Gasteiger partial charge on any atom is 0.101 e. The van der Waals surface area contributed by atoms with Gasteiger partial charge in [-0.2, -0.15) is 10.5 Å². The molecule has 1 aromatic heterocycles. The van der Waals surface area contributed by atoms with Gasteiger partial charge in [-0.15, -0.1) is 10.0 Å². The Morgan fingerprint density at radius 1 is 0.500 bits per heavy atom. The number of nitrogens with zero attached hydrogens (tertiary/aromatic N) is 3. The molecular weight excluding hydrogens is 531 g/mol. The van der Waals surface area contributed by atoms with Crippen molar-refractivity contribution in [3.8, 4) is 29.0 Å². The van der Waals surface area contributed by atoms with Gasteiger partial charge in [-0.1, -0.05) is 72.8 Å². The highest BCUT2D eigenvalue weighted by Gasteiger charge is 2.42. The lowest BCUT2D eigenvalue weighted by Crippen LogP contribution is -2.02. The summed E-state index contributed by atoms with van der Waals surface area (Å²) in [5.74, 6) is 0. The van der Waals surface area contributed by atoms with Crippen molar-refractivity contribution >= 4 is 31.8 Å². The lowest BCUT2D eigenvalue weighted by atomic mass is 10.0. The molecule has 0 saturated carbocycles. The molecule has 0 radical (unpaired) electrons.